The molecule has 0 fully saturated rings. The van der Waals surface area contributed by atoms with E-state index >= 15 is 0 Å². The van der Waals surface area contributed by atoms with Gasteiger partial charge in [-0.25, -0.2) is 0 Å². The molecule has 8 bridgehead atoms. The summed E-state index contributed by atoms with van der Waals surface area (Å²) in [6.45, 7) is 9.29. The number of hydrogen-bond donors (Lipinski definition) is 0. The van der Waals surface area contributed by atoms with E-state index in [4.69, 9.17) is 18.9 Å². The predicted octanol–water partition coefficient (Wildman–Crippen LogP) is 37.9. The summed E-state index contributed by atoms with van der Waals surface area (Å²) in [5.74, 6) is 18.6. The van der Waals surface area contributed by atoms with Crippen LogP contribution in [0.2, 0.25) is 0 Å². The van der Waals surface area contributed by atoms with E-state index in [9.17, 15) is 0 Å². The Bertz CT molecular complexity index is 3100. The minimum Gasteiger partial charge on any atom is -0.477 e. The van der Waals surface area contributed by atoms with E-state index in [0.717, 1.165) is 72.4 Å². The molecule has 9 rings (SSSR count). The Morgan fingerprint density at radius 2 is 0.440 bits per heavy atom. The van der Waals surface area contributed by atoms with Crippen molar-refractivity contribution in [1.82, 2.24) is 0 Å². The predicted molar refractivity (Wildman–Crippen MR) is 519 cm³/mol. The first kappa shape index (κ1) is 97.3. The van der Waals surface area contributed by atoms with Crippen molar-refractivity contribution >= 4 is 47.0 Å². The molecular formula is C108H176O4S4. The highest BCUT2D eigenvalue weighted by molar-refractivity contribution is 7.99. The second-order valence-corrected chi connectivity index (χ2v) is 42.1. The van der Waals surface area contributed by atoms with Crippen molar-refractivity contribution < 1.29 is 18.9 Å². The van der Waals surface area contributed by atoms with Crippen molar-refractivity contribution in [2.24, 2.45) is 0 Å². The zero-order chi connectivity index (χ0) is 80.7. The molecule has 4 aliphatic heterocycles. The van der Waals surface area contributed by atoms with Gasteiger partial charge in [-0.1, -0.05) is 387 Å². The van der Waals surface area contributed by atoms with Crippen molar-refractivity contribution in [2.45, 2.75) is 488 Å². The Kier molecular flexibility index (Phi) is 51.8. The maximum atomic E-state index is 7.53. The molecule has 0 N–H and O–H groups in total. The maximum Gasteiger partial charge on any atom is 0.163 e. The lowest BCUT2D eigenvalue weighted by Crippen LogP contribution is -2.43. The number of hydrogen-bond acceptors (Lipinski definition) is 8. The topological polar surface area (TPSA) is 36.9 Å². The molecule has 0 amide bonds. The lowest BCUT2D eigenvalue weighted by Gasteiger charge is -2.47. The maximum absolute atomic E-state index is 7.53. The van der Waals surface area contributed by atoms with Crippen LogP contribution in [0.15, 0.2) is 54.6 Å². The van der Waals surface area contributed by atoms with Gasteiger partial charge in [-0.15, -0.1) is 0 Å². The first-order valence-electron chi connectivity index (χ1n) is 51.3. The molecular weight excluding hydrogens is 1490 g/mol. The molecule has 8 heteroatoms. The monoisotopic (exact) mass is 1670 g/mol. The van der Waals surface area contributed by atoms with Crippen LogP contribution in [0.3, 0.4) is 0 Å². The van der Waals surface area contributed by atoms with Gasteiger partial charge in [0.1, 0.15) is 40.2 Å². The van der Waals surface area contributed by atoms with E-state index in [-0.39, 0.29) is 17.8 Å². The van der Waals surface area contributed by atoms with E-state index in [1.54, 1.807) is 0 Å². The Morgan fingerprint density at radius 1 is 0.216 bits per heavy atom. The molecule has 4 heterocycles. The van der Waals surface area contributed by atoms with Gasteiger partial charge in [0.15, 0.2) is 5.60 Å². The molecule has 0 radical (unpaired) electrons. The number of benzene rings is 4. The van der Waals surface area contributed by atoms with Crippen LogP contribution in [0.5, 0.6) is 40.2 Å². The van der Waals surface area contributed by atoms with Gasteiger partial charge in [0.2, 0.25) is 0 Å². The smallest absolute Gasteiger partial charge is 0.163 e. The minimum absolute atomic E-state index is 0.238. The second-order valence-electron chi connectivity index (χ2n) is 37.2. The molecule has 4 atom stereocenters. The zero-order valence-corrected chi connectivity index (χ0v) is 79.2. The van der Waals surface area contributed by atoms with Crippen molar-refractivity contribution in [3.63, 3.8) is 0 Å². The highest BCUT2D eigenvalue weighted by Gasteiger charge is 2.50. The van der Waals surface area contributed by atoms with Gasteiger partial charge in [-0.2, -0.15) is 47.0 Å². The van der Waals surface area contributed by atoms with Crippen LogP contribution in [0, 0.1) is 0 Å². The first-order chi connectivity index (χ1) is 57.6. The summed E-state index contributed by atoms with van der Waals surface area (Å²) >= 11 is 8.88. The molecule has 4 unspecified atom stereocenters. The fourth-order valence-electron chi connectivity index (χ4n) is 19.9. The number of unbranched alkanes of at least 4 members (excludes halogenated alkanes) is 56. The number of ether oxygens (including phenoxy) is 4. The molecule has 116 heavy (non-hydrogen) atoms. The number of fused-ring (bicyclic) bond motifs is 2. The van der Waals surface area contributed by atoms with E-state index in [1.165, 1.54) is 495 Å². The van der Waals surface area contributed by atoms with Crippen LogP contribution in [0.25, 0.3) is 0 Å². The van der Waals surface area contributed by atoms with Gasteiger partial charge in [-0.3, -0.25) is 0 Å². The summed E-state index contributed by atoms with van der Waals surface area (Å²) in [5, 5.41) is 0. The van der Waals surface area contributed by atoms with Gasteiger partial charge in [0.05, 0.1) is 0 Å². The first-order valence-corrected chi connectivity index (χ1v) is 55.9. The van der Waals surface area contributed by atoms with Crippen molar-refractivity contribution in [3.8, 4) is 40.2 Å². The highest BCUT2D eigenvalue weighted by Crippen LogP contribution is 2.62. The zero-order valence-electron chi connectivity index (χ0n) is 75.9. The van der Waals surface area contributed by atoms with E-state index in [0.29, 0.717) is 0 Å². The Hall–Kier alpha value is -2.52. The van der Waals surface area contributed by atoms with Crippen LogP contribution in [0.1, 0.15) is 527 Å². The largest absolute Gasteiger partial charge is 0.477 e. The van der Waals surface area contributed by atoms with Gasteiger partial charge in [-0.05, 0) is 160 Å². The van der Waals surface area contributed by atoms with Gasteiger partial charge in [0.25, 0.3) is 0 Å². The van der Waals surface area contributed by atoms with Crippen LogP contribution in [-0.4, -0.2) is 46.0 Å². The Morgan fingerprint density at radius 3 is 0.724 bits per heavy atom. The molecule has 656 valence electrons. The average molecular weight is 1670 g/mol. The van der Waals surface area contributed by atoms with Gasteiger partial charge >= 0.3 is 0 Å². The molecule has 0 aromatic heterocycles. The third kappa shape index (κ3) is 35.2. The molecule has 0 saturated carbocycles. The summed E-state index contributed by atoms with van der Waals surface area (Å²) in [5.41, 5.74) is 10.4. The van der Waals surface area contributed by atoms with Crippen molar-refractivity contribution in [2.75, 3.05) is 46.0 Å². The van der Waals surface area contributed by atoms with Crippen LogP contribution in [0.4, 0.5) is 0 Å². The van der Waals surface area contributed by atoms with E-state index < -0.39 is 5.60 Å². The molecule has 4 nitrogen and oxygen atoms in total. The van der Waals surface area contributed by atoms with Crippen molar-refractivity contribution in [3.05, 3.63) is 99.1 Å². The van der Waals surface area contributed by atoms with E-state index in [1.807, 2.05) is 0 Å². The van der Waals surface area contributed by atoms with Crippen LogP contribution >= 0.6 is 47.0 Å². The molecule has 4 aromatic carbocycles. The average Bonchev–Trinajstić information content (AvgIpc) is 0.698. The SMILES string of the molecule is CCCCCCCCCCSCCCCCCCCCCC1c2cc3ccc2Oc2cc4c(cc21)C(CCCCCCCCCCSCCCCCCCCCC)c1cc2c(cc1O4)Oc1cc4c(cc1C2CCCCCCCCCCSCCCCCCCCCC)C3(CCCCCCCCCCSCCCCCCCCCC)O4. The fourth-order valence-corrected chi connectivity index (χ4v) is 24.0. The summed E-state index contributed by atoms with van der Waals surface area (Å²) in [6.07, 6.45) is 92.8. The Labute approximate surface area is 733 Å². The lowest BCUT2D eigenvalue weighted by atomic mass is 9.72. The Balaban J connectivity index is 0.865. The van der Waals surface area contributed by atoms with Gasteiger partial charge < -0.3 is 18.9 Å². The summed E-state index contributed by atoms with van der Waals surface area (Å²) in [4.78, 5) is 0. The fraction of sp³-hybridized carbons (Fsp3) is 0.778. The third-order valence-electron chi connectivity index (χ3n) is 27.2. The van der Waals surface area contributed by atoms with E-state index in [2.05, 4.69) is 129 Å². The summed E-state index contributed by atoms with van der Waals surface area (Å²) < 4.78 is 29.4. The molecule has 5 aliphatic rings. The third-order valence-corrected chi connectivity index (χ3v) is 31.9. The highest BCUT2D eigenvalue weighted by atomic mass is 32.2. The minimum atomic E-state index is -0.518. The normalized spacial score (nSPS) is 16.3. The van der Waals surface area contributed by atoms with Crippen LogP contribution in [-0.2, 0) is 5.60 Å². The van der Waals surface area contributed by atoms with Crippen LogP contribution < -0.4 is 18.9 Å². The standard InChI is InChI=1S/C108H176O4S4/c1-5-9-13-17-21-37-49-61-75-113-79-65-53-41-29-25-33-45-57-69-91-94-83-90-72-73-101(94)109-102-87-103-96(84-95(91)102)92(70-58-46-34-26-30-42-54-66-80-114-76-62-50-38-22-18-14-10-6-2)97-85-98-93(71-59-47-35-27-31-43-55-67-81-115-77-63-51-39-23-19-15-11-7-3)99-86-100-107(89-106(99)111-105(98)88-104(97)110-103)112-108(90,100)74-60-48-36-28-32-44-56-68-82-116-78-64-52-40-24-20-16-12-8-4/h72-73,83-89,91-93H,5-71,74-82H2,1-4H3. The summed E-state index contributed by atoms with van der Waals surface area (Å²) in [6, 6.07) is 22.2. The quantitative estimate of drug-likeness (QED) is 0.0405. The van der Waals surface area contributed by atoms with Crippen molar-refractivity contribution in [1.29, 1.82) is 0 Å². The second kappa shape index (κ2) is 61.7. The molecule has 1 aliphatic carbocycles. The lowest BCUT2D eigenvalue weighted by molar-refractivity contribution is 0.0419. The molecule has 0 spiro atoms. The number of thioether (sulfide) groups is 4. The summed E-state index contributed by atoms with van der Waals surface area (Å²) in [7, 11) is 0. The number of rotatable bonds is 80. The molecule has 4 aromatic rings. The molecule has 0 saturated heterocycles. The van der Waals surface area contributed by atoms with Gasteiger partial charge in [0, 0.05) is 80.5 Å².